The number of fused-ring (bicyclic) bond motifs is 1. The molecule has 1 aromatic rings. The molecule has 0 spiro atoms. The first-order chi connectivity index (χ1) is 7.58. The van der Waals surface area contributed by atoms with Crippen LogP contribution in [0.25, 0.3) is 0 Å². The number of aromatic nitrogens is 2. The molecular formula is C10H12ClN3O2. The highest BCUT2D eigenvalue weighted by atomic mass is 35.5. The molecule has 0 aliphatic heterocycles. The first-order valence-corrected chi connectivity index (χ1v) is 5.44. The van der Waals surface area contributed by atoms with E-state index in [1.807, 2.05) is 0 Å². The number of carboxylic acids is 1. The standard InChI is InChI=1S/C10H12ClN3O2/c1-14(5-8(15)16)9-6-3-2-4-7(6)12-10(11)13-9/h2-5H2,1H3,(H,15,16). The van der Waals surface area contributed by atoms with Gasteiger partial charge in [0.1, 0.15) is 12.4 Å². The van der Waals surface area contributed by atoms with Crippen LogP contribution < -0.4 is 4.90 Å². The van der Waals surface area contributed by atoms with E-state index >= 15 is 0 Å². The molecule has 1 aromatic heterocycles. The summed E-state index contributed by atoms with van der Waals surface area (Å²) in [6, 6.07) is 0. The molecule has 2 rings (SSSR count). The third-order valence-corrected chi connectivity index (χ3v) is 2.79. The zero-order valence-corrected chi connectivity index (χ0v) is 9.66. The van der Waals surface area contributed by atoms with Gasteiger partial charge in [-0.05, 0) is 30.9 Å². The number of hydrogen-bond donors (Lipinski definition) is 1. The Morgan fingerprint density at radius 1 is 1.50 bits per heavy atom. The Kier molecular flexibility index (Phi) is 2.96. The summed E-state index contributed by atoms with van der Waals surface area (Å²) in [4.78, 5) is 20.5. The maximum Gasteiger partial charge on any atom is 0.323 e. The predicted octanol–water partition coefficient (Wildman–Crippen LogP) is 1.14. The topological polar surface area (TPSA) is 66.3 Å². The molecule has 0 saturated carbocycles. The van der Waals surface area contributed by atoms with E-state index in [0.717, 1.165) is 30.5 Å². The minimum atomic E-state index is -0.885. The lowest BCUT2D eigenvalue weighted by Gasteiger charge is -2.18. The van der Waals surface area contributed by atoms with Crippen molar-refractivity contribution < 1.29 is 9.90 Å². The van der Waals surface area contributed by atoms with Gasteiger partial charge in [-0.15, -0.1) is 0 Å². The van der Waals surface area contributed by atoms with Crippen molar-refractivity contribution in [2.45, 2.75) is 19.3 Å². The summed E-state index contributed by atoms with van der Waals surface area (Å²) in [6.07, 6.45) is 2.82. The zero-order valence-electron chi connectivity index (χ0n) is 8.90. The molecule has 86 valence electrons. The normalized spacial score (nSPS) is 13.6. The Morgan fingerprint density at radius 3 is 2.94 bits per heavy atom. The van der Waals surface area contributed by atoms with Gasteiger partial charge >= 0.3 is 5.97 Å². The molecule has 6 heteroatoms. The van der Waals surface area contributed by atoms with Crippen LogP contribution in [-0.4, -0.2) is 34.6 Å². The molecule has 5 nitrogen and oxygen atoms in total. The number of hydrogen-bond acceptors (Lipinski definition) is 4. The molecule has 0 fully saturated rings. The molecule has 0 bridgehead atoms. The van der Waals surface area contributed by atoms with Gasteiger partial charge in [0.25, 0.3) is 0 Å². The molecule has 0 unspecified atom stereocenters. The van der Waals surface area contributed by atoms with E-state index in [-0.39, 0.29) is 11.8 Å². The van der Waals surface area contributed by atoms with Crippen molar-refractivity contribution in [3.05, 3.63) is 16.5 Å². The molecule has 0 saturated heterocycles. The number of rotatable bonds is 3. The highest BCUT2D eigenvalue weighted by molar-refractivity contribution is 6.28. The second kappa shape index (κ2) is 4.25. The average molecular weight is 242 g/mol. The van der Waals surface area contributed by atoms with Crippen molar-refractivity contribution in [1.29, 1.82) is 0 Å². The minimum absolute atomic E-state index is 0.0835. The monoisotopic (exact) mass is 241 g/mol. The zero-order chi connectivity index (χ0) is 11.7. The molecular weight excluding hydrogens is 230 g/mol. The average Bonchev–Trinajstić information content (AvgIpc) is 2.62. The number of anilines is 1. The molecule has 16 heavy (non-hydrogen) atoms. The van der Waals surface area contributed by atoms with Crippen LogP contribution in [0.2, 0.25) is 5.28 Å². The fourth-order valence-electron chi connectivity index (χ4n) is 1.98. The molecule has 1 heterocycles. The molecule has 0 amide bonds. The Morgan fingerprint density at radius 2 is 2.25 bits per heavy atom. The number of carbonyl (C=O) groups is 1. The van der Waals surface area contributed by atoms with Crippen LogP contribution in [0.5, 0.6) is 0 Å². The number of likely N-dealkylation sites (N-methyl/N-ethyl adjacent to an activating group) is 1. The molecule has 1 N–H and O–H groups in total. The Balaban J connectivity index is 2.36. The van der Waals surface area contributed by atoms with E-state index in [4.69, 9.17) is 16.7 Å². The van der Waals surface area contributed by atoms with Gasteiger partial charge in [0.2, 0.25) is 5.28 Å². The van der Waals surface area contributed by atoms with Crippen molar-refractivity contribution in [2.24, 2.45) is 0 Å². The maximum absolute atomic E-state index is 10.7. The first kappa shape index (κ1) is 11.1. The number of carboxylic acid groups (broad SMARTS) is 1. The summed E-state index contributed by atoms with van der Waals surface area (Å²) in [5.74, 6) is -0.237. The Hall–Kier alpha value is -1.36. The van der Waals surface area contributed by atoms with E-state index in [2.05, 4.69) is 9.97 Å². The van der Waals surface area contributed by atoms with Crippen LogP contribution in [0.3, 0.4) is 0 Å². The quantitative estimate of drug-likeness (QED) is 0.804. The lowest BCUT2D eigenvalue weighted by Crippen LogP contribution is -2.27. The van der Waals surface area contributed by atoms with Gasteiger partial charge in [0.05, 0.1) is 5.69 Å². The fraction of sp³-hybridized carbons (Fsp3) is 0.500. The molecule has 1 aliphatic carbocycles. The van der Waals surface area contributed by atoms with E-state index in [0.29, 0.717) is 5.82 Å². The first-order valence-electron chi connectivity index (χ1n) is 5.06. The maximum atomic E-state index is 10.7. The summed E-state index contributed by atoms with van der Waals surface area (Å²) in [5, 5.41) is 8.93. The van der Waals surface area contributed by atoms with E-state index < -0.39 is 5.97 Å². The highest BCUT2D eigenvalue weighted by Crippen LogP contribution is 2.29. The summed E-state index contributed by atoms with van der Waals surface area (Å²) < 4.78 is 0. The predicted molar refractivity (Wildman–Crippen MR) is 60.0 cm³/mol. The van der Waals surface area contributed by atoms with Crippen molar-refractivity contribution in [1.82, 2.24) is 9.97 Å². The second-order valence-electron chi connectivity index (χ2n) is 3.84. The minimum Gasteiger partial charge on any atom is -0.480 e. The summed E-state index contributed by atoms with van der Waals surface area (Å²) >= 11 is 5.81. The van der Waals surface area contributed by atoms with Crippen molar-refractivity contribution in [2.75, 3.05) is 18.5 Å². The van der Waals surface area contributed by atoms with Crippen LogP contribution in [0.15, 0.2) is 0 Å². The number of halogens is 1. The van der Waals surface area contributed by atoms with Crippen LogP contribution in [0.1, 0.15) is 17.7 Å². The van der Waals surface area contributed by atoms with Gasteiger partial charge < -0.3 is 10.0 Å². The van der Waals surface area contributed by atoms with Crippen LogP contribution >= 0.6 is 11.6 Å². The van der Waals surface area contributed by atoms with Gasteiger partial charge in [-0.25, -0.2) is 9.97 Å². The van der Waals surface area contributed by atoms with E-state index in [1.54, 1.807) is 11.9 Å². The van der Waals surface area contributed by atoms with Crippen LogP contribution in [0, 0.1) is 0 Å². The lowest BCUT2D eigenvalue weighted by molar-refractivity contribution is -0.135. The Labute approximate surface area is 98.1 Å². The van der Waals surface area contributed by atoms with Crippen molar-refractivity contribution in [3.63, 3.8) is 0 Å². The summed E-state index contributed by atoms with van der Waals surface area (Å²) in [6.45, 7) is -0.0835. The number of aryl methyl sites for hydroxylation is 1. The SMILES string of the molecule is CN(CC(=O)O)c1nc(Cl)nc2c1CCC2. The van der Waals surface area contributed by atoms with Gasteiger partial charge in [0, 0.05) is 12.6 Å². The third-order valence-electron chi connectivity index (χ3n) is 2.62. The van der Waals surface area contributed by atoms with Gasteiger partial charge in [0.15, 0.2) is 0 Å². The van der Waals surface area contributed by atoms with Crippen LogP contribution in [0.4, 0.5) is 5.82 Å². The molecule has 0 aromatic carbocycles. The van der Waals surface area contributed by atoms with Gasteiger partial charge in [-0.3, -0.25) is 4.79 Å². The molecule has 0 atom stereocenters. The van der Waals surface area contributed by atoms with Crippen LogP contribution in [-0.2, 0) is 17.6 Å². The number of aliphatic carboxylic acids is 1. The molecule has 1 aliphatic rings. The Bertz CT molecular complexity index is 436. The second-order valence-corrected chi connectivity index (χ2v) is 4.18. The third kappa shape index (κ3) is 2.09. The fourth-order valence-corrected chi connectivity index (χ4v) is 2.16. The van der Waals surface area contributed by atoms with Gasteiger partial charge in [-0.1, -0.05) is 0 Å². The van der Waals surface area contributed by atoms with E-state index in [9.17, 15) is 4.79 Å². The van der Waals surface area contributed by atoms with Gasteiger partial charge in [-0.2, -0.15) is 0 Å². The summed E-state index contributed by atoms with van der Waals surface area (Å²) in [7, 11) is 1.70. The smallest absolute Gasteiger partial charge is 0.323 e. The number of nitrogens with zero attached hydrogens (tertiary/aromatic N) is 3. The summed E-state index contributed by atoms with van der Waals surface area (Å²) in [5.41, 5.74) is 1.99. The van der Waals surface area contributed by atoms with E-state index in [1.165, 1.54) is 0 Å². The van der Waals surface area contributed by atoms with Crippen molar-refractivity contribution >= 4 is 23.4 Å². The molecule has 0 radical (unpaired) electrons. The highest BCUT2D eigenvalue weighted by Gasteiger charge is 2.21. The largest absolute Gasteiger partial charge is 0.480 e. The van der Waals surface area contributed by atoms with Crippen molar-refractivity contribution in [3.8, 4) is 0 Å². The lowest BCUT2D eigenvalue weighted by atomic mass is 10.2.